The fourth-order valence-electron chi connectivity index (χ4n) is 2.35. The summed E-state index contributed by atoms with van der Waals surface area (Å²) in [5, 5.41) is 2.61. The van der Waals surface area contributed by atoms with Crippen LogP contribution in [-0.2, 0) is 17.5 Å². The molecule has 0 aliphatic carbocycles. The molecule has 6 heteroatoms. The van der Waals surface area contributed by atoms with E-state index in [-0.39, 0.29) is 18.1 Å². The van der Waals surface area contributed by atoms with Gasteiger partial charge >= 0.3 is 6.18 Å². The number of amides is 1. The second-order valence-electron chi connectivity index (χ2n) is 5.29. The van der Waals surface area contributed by atoms with Crippen molar-refractivity contribution in [3.63, 3.8) is 0 Å². The van der Waals surface area contributed by atoms with Gasteiger partial charge in [0.25, 0.3) is 0 Å². The number of carbonyl (C=O) groups is 1. The zero-order valence-corrected chi connectivity index (χ0v) is 13.3. The van der Waals surface area contributed by atoms with Crippen molar-refractivity contribution >= 4 is 11.6 Å². The summed E-state index contributed by atoms with van der Waals surface area (Å²) < 4.78 is 38.8. The summed E-state index contributed by atoms with van der Waals surface area (Å²) in [6.45, 7) is 2.56. The van der Waals surface area contributed by atoms with E-state index in [0.29, 0.717) is 13.1 Å². The Bertz CT molecular complexity index is 671. The molecule has 1 N–H and O–H groups in total. The number of carbonyl (C=O) groups excluding carboxylic acids is 1. The molecule has 24 heavy (non-hydrogen) atoms. The summed E-state index contributed by atoms with van der Waals surface area (Å²) in [7, 11) is 0. The van der Waals surface area contributed by atoms with Gasteiger partial charge in [0.05, 0.1) is 12.1 Å². The molecule has 2 rings (SSSR count). The minimum atomic E-state index is -4.46. The molecular weight excluding hydrogens is 317 g/mol. The fraction of sp³-hybridized carbons (Fsp3) is 0.278. The number of hydrogen-bond acceptors (Lipinski definition) is 2. The van der Waals surface area contributed by atoms with Crippen LogP contribution in [0.5, 0.6) is 0 Å². The summed E-state index contributed by atoms with van der Waals surface area (Å²) in [5.74, 6) is -0.252. The number of alkyl halides is 3. The minimum Gasteiger partial charge on any atom is -0.376 e. The first-order valence-electron chi connectivity index (χ1n) is 7.63. The van der Waals surface area contributed by atoms with E-state index in [9.17, 15) is 18.0 Å². The molecule has 2 aromatic carbocycles. The monoisotopic (exact) mass is 336 g/mol. The number of nitrogens with one attached hydrogen (secondary N) is 1. The molecule has 0 aliphatic rings. The minimum absolute atomic E-state index is 0.0888. The van der Waals surface area contributed by atoms with E-state index >= 15 is 0 Å². The molecule has 0 aromatic heterocycles. The first-order valence-corrected chi connectivity index (χ1v) is 7.63. The summed E-state index contributed by atoms with van der Waals surface area (Å²) in [6, 6.07) is 14.6. The second-order valence-corrected chi connectivity index (χ2v) is 5.29. The lowest BCUT2D eigenvalue weighted by Gasteiger charge is -2.22. The van der Waals surface area contributed by atoms with Crippen LogP contribution in [0.1, 0.15) is 18.1 Å². The van der Waals surface area contributed by atoms with Gasteiger partial charge in [0.1, 0.15) is 0 Å². The maximum atomic E-state index is 12.9. The smallest absolute Gasteiger partial charge is 0.376 e. The number of likely N-dealkylation sites (N-methyl/N-ethyl adjacent to an activating group) is 1. The maximum absolute atomic E-state index is 12.9. The van der Waals surface area contributed by atoms with Crippen LogP contribution in [0, 0.1) is 0 Å². The highest BCUT2D eigenvalue weighted by Gasteiger charge is 2.33. The molecule has 0 aliphatic heterocycles. The molecule has 0 spiro atoms. The number of benzene rings is 2. The SMILES string of the molecule is CCN(Cc1ccccc1)C(=O)CNc1ccccc1C(F)(F)F. The van der Waals surface area contributed by atoms with E-state index in [0.717, 1.165) is 11.6 Å². The summed E-state index contributed by atoms with van der Waals surface area (Å²) in [6.07, 6.45) is -4.46. The van der Waals surface area contributed by atoms with Crippen molar-refractivity contribution in [2.24, 2.45) is 0 Å². The molecule has 0 unspecified atom stereocenters. The van der Waals surface area contributed by atoms with Gasteiger partial charge in [-0.05, 0) is 24.6 Å². The number of halogens is 3. The standard InChI is InChI=1S/C18H19F3N2O/c1-2-23(13-14-8-4-3-5-9-14)17(24)12-22-16-11-7-6-10-15(16)18(19,20)21/h3-11,22H,2,12-13H2,1H3. The maximum Gasteiger partial charge on any atom is 0.418 e. The van der Waals surface area contributed by atoms with Crippen molar-refractivity contribution < 1.29 is 18.0 Å². The average Bonchev–Trinajstić information content (AvgIpc) is 2.58. The molecule has 0 saturated carbocycles. The lowest BCUT2D eigenvalue weighted by Crippen LogP contribution is -2.35. The van der Waals surface area contributed by atoms with E-state index in [1.54, 1.807) is 4.90 Å². The Labute approximate surface area is 139 Å². The van der Waals surface area contributed by atoms with E-state index in [1.807, 2.05) is 37.3 Å². The molecule has 0 saturated heterocycles. The third-order valence-electron chi connectivity index (χ3n) is 3.61. The summed E-state index contributed by atoms with van der Waals surface area (Å²) >= 11 is 0. The van der Waals surface area contributed by atoms with Gasteiger partial charge in [-0.25, -0.2) is 0 Å². The van der Waals surface area contributed by atoms with E-state index < -0.39 is 11.7 Å². The number of anilines is 1. The average molecular weight is 336 g/mol. The molecule has 0 radical (unpaired) electrons. The fourth-order valence-corrected chi connectivity index (χ4v) is 2.35. The lowest BCUT2D eigenvalue weighted by molar-refractivity contribution is -0.137. The molecule has 0 bridgehead atoms. The second kappa shape index (κ2) is 7.86. The zero-order chi connectivity index (χ0) is 17.6. The topological polar surface area (TPSA) is 32.3 Å². The van der Waals surface area contributed by atoms with Crippen LogP contribution in [0.25, 0.3) is 0 Å². The van der Waals surface area contributed by atoms with Crippen LogP contribution in [0.15, 0.2) is 54.6 Å². The Morgan fingerprint density at radius 1 is 1.04 bits per heavy atom. The van der Waals surface area contributed by atoms with Crippen LogP contribution in [0.2, 0.25) is 0 Å². The highest BCUT2D eigenvalue weighted by atomic mass is 19.4. The van der Waals surface area contributed by atoms with Gasteiger partial charge in [0.15, 0.2) is 0 Å². The third-order valence-corrected chi connectivity index (χ3v) is 3.61. The van der Waals surface area contributed by atoms with Crippen LogP contribution in [-0.4, -0.2) is 23.9 Å². The van der Waals surface area contributed by atoms with Crippen LogP contribution in [0.4, 0.5) is 18.9 Å². The van der Waals surface area contributed by atoms with Crippen LogP contribution >= 0.6 is 0 Å². The Morgan fingerprint density at radius 2 is 1.67 bits per heavy atom. The van der Waals surface area contributed by atoms with Gasteiger partial charge < -0.3 is 10.2 Å². The van der Waals surface area contributed by atoms with Gasteiger partial charge in [-0.3, -0.25) is 4.79 Å². The van der Waals surface area contributed by atoms with Crippen LogP contribution < -0.4 is 5.32 Å². The Hall–Kier alpha value is -2.50. The predicted molar refractivity (Wildman–Crippen MR) is 87.5 cm³/mol. The quantitative estimate of drug-likeness (QED) is 0.859. The molecule has 0 heterocycles. The molecule has 1 amide bonds. The molecule has 2 aromatic rings. The van der Waals surface area contributed by atoms with Gasteiger partial charge in [-0.1, -0.05) is 42.5 Å². The van der Waals surface area contributed by atoms with Crippen molar-refractivity contribution in [3.8, 4) is 0 Å². The Kier molecular flexibility index (Phi) is 5.84. The zero-order valence-electron chi connectivity index (χ0n) is 13.3. The molecular formula is C18H19F3N2O. The Morgan fingerprint density at radius 3 is 2.29 bits per heavy atom. The van der Waals surface area contributed by atoms with Crippen molar-refractivity contribution in [2.45, 2.75) is 19.6 Å². The number of para-hydroxylation sites is 1. The van der Waals surface area contributed by atoms with E-state index in [2.05, 4.69) is 5.32 Å². The van der Waals surface area contributed by atoms with Crippen molar-refractivity contribution in [2.75, 3.05) is 18.4 Å². The van der Waals surface area contributed by atoms with Crippen molar-refractivity contribution in [1.29, 1.82) is 0 Å². The van der Waals surface area contributed by atoms with E-state index in [4.69, 9.17) is 0 Å². The predicted octanol–water partition coefficient (Wildman–Crippen LogP) is 4.17. The highest BCUT2D eigenvalue weighted by Crippen LogP contribution is 2.34. The highest BCUT2D eigenvalue weighted by molar-refractivity contribution is 5.81. The van der Waals surface area contributed by atoms with Crippen molar-refractivity contribution in [1.82, 2.24) is 4.90 Å². The summed E-state index contributed by atoms with van der Waals surface area (Å²) in [4.78, 5) is 13.9. The molecule has 128 valence electrons. The molecule has 3 nitrogen and oxygen atoms in total. The van der Waals surface area contributed by atoms with E-state index in [1.165, 1.54) is 18.2 Å². The largest absolute Gasteiger partial charge is 0.418 e. The van der Waals surface area contributed by atoms with Crippen molar-refractivity contribution in [3.05, 3.63) is 65.7 Å². The normalized spacial score (nSPS) is 11.2. The van der Waals surface area contributed by atoms with Gasteiger partial charge in [-0.15, -0.1) is 0 Å². The van der Waals surface area contributed by atoms with Gasteiger partial charge in [0.2, 0.25) is 5.91 Å². The lowest BCUT2D eigenvalue weighted by atomic mass is 10.1. The van der Waals surface area contributed by atoms with Gasteiger partial charge in [-0.2, -0.15) is 13.2 Å². The molecule has 0 atom stereocenters. The first kappa shape index (κ1) is 17.8. The van der Waals surface area contributed by atoms with Crippen LogP contribution in [0.3, 0.4) is 0 Å². The molecule has 0 fully saturated rings. The first-order chi connectivity index (χ1) is 11.4. The summed E-state index contributed by atoms with van der Waals surface area (Å²) in [5.41, 5.74) is 0.112. The third kappa shape index (κ3) is 4.75. The Balaban J connectivity index is 2.02. The number of rotatable bonds is 6. The number of hydrogen-bond donors (Lipinski definition) is 1. The van der Waals surface area contributed by atoms with Gasteiger partial charge in [0, 0.05) is 18.8 Å². The number of nitrogens with zero attached hydrogens (tertiary/aromatic N) is 1.